The van der Waals surface area contributed by atoms with E-state index in [-0.39, 0.29) is 22.1 Å². The van der Waals surface area contributed by atoms with Gasteiger partial charge >= 0.3 is 12.4 Å². The molecule has 0 spiro atoms. The molecule has 3 rings (SSSR count). The summed E-state index contributed by atoms with van der Waals surface area (Å²) in [6, 6.07) is 7.25. The lowest BCUT2D eigenvalue weighted by Gasteiger charge is -2.23. The van der Waals surface area contributed by atoms with Crippen LogP contribution in [0.2, 0.25) is 5.02 Å². The molecule has 0 saturated heterocycles. The number of halogens is 8. The average molecular weight is 510 g/mol. The van der Waals surface area contributed by atoms with E-state index in [0.717, 1.165) is 28.9 Å². The number of benzene rings is 2. The molecule has 0 saturated carbocycles. The normalized spacial score (nSPS) is 12.9. The van der Waals surface area contributed by atoms with Crippen molar-refractivity contribution in [1.82, 2.24) is 15.1 Å². The molecule has 1 amide bonds. The second-order valence-corrected chi connectivity index (χ2v) is 7.40. The van der Waals surface area contributed by atoms with Gasteiger partial charge in [0.1, 0.15) is 11.6 Å². The van der Waals surface area contributed by atoms with E-state index in [1.807, 2.05) is 0 Å². The molecular formula is C20H15ClF7N5O. The fraction of sp³-hybridized carbons (Fsp3) is 0.200. The highest BCUT2D eigenvalue weighted by atomic mass is 35.5. The first-order valence-corrected chi connectivity index (χ1v) is 9.69. The van der Waals surface area contributed by atoms with Gasteiger partial charge < -0.3 is 16.0 Å². The summed E-state index contributed by atoms with van der Waals surface area (Å²) in [6.07, 6.45) is -10.7. The fourth-order valence-corrected chi connectivity index (χ4v) is 3.05. The van der Waals surface area contributed by atoms with Crippen LogP contribution in [0.25, 0.3) is 0 Å². The lowest BCUT2D eigenvalue weighted by atomic mass is 10.1. The number of nitrogens with one attached hydrogen (secondary N) is 3. The molecule has 14 heteroatoms. The van der Waals surface area contributed by atoms with Crippen LogP contribution in [0.4, 0.5) is 42.2 Å². The Hall–Kier alpha value is -3.48. The van der Waals surface area contributed by atoms with E-state index in [4.69, 9.17) is 11.6 Å². The van der Waals surface area contributed by atoms with Crippen LogP contribution in [0, 0.1) is 5.82 Å². The van der Waals surface area contributed by atoms with Gasteiger partial charge in [-0.05, 0) is 42.5 Å². The van der Waals surface area contributed by atoms with E-state index in [9.17, 15) is 35.5 Å². The first-order valence-electron chi connectivity index (χ1n) is 9.31. The van der Waals surface area contributed by atoms with Crippen LogP contribution in [0.5, 0.6) is 0 Å². The summed E-state index contributed by atoms with van der Waals surface area (Å²) in [5.74, 6) is -1.79. The minimum Gasteiger partial charge on any atom is -0.348 e. The molecule has 1 aromatic heterocycles. The van der Waals surface area contributed by atoms with Gasteiger partial charge in [-0.3, -0.25) is 9.48 Å². The SMILES string of the molecule is Cn1nc(C(F)(F)F)cc1NC(NC(=O)c1ccc(C(F)(F)F)cc1)Nc1cc(F)cc(Cl)c1. The lowest BCUT2D eigenvalue weighted by Crippen LogP contribution is -2.46. The Labute approximate surface area is 192 Å². The van der Waals surface area contributed by atoms with Crippen LogP contribution in [-0.2, 0) is 19.4 Å². The quantitative estimate of drug-likeness (QED) is 0.304. The molecule has 0 radical (unpaired) electrons. The molecule has 1 heterocycles. The topological polar surface area (TPSA) is 71.0 Å². The van der Waals surface area contributed by atoms with Crippen molar-refractivity contribution in [2.75, 3.05) is 10.6 Å². The summed E-state index contributed by atoms with van der Waals surface area (Å²) in [5.41, 5.74) is -2.30. The number of hydrogen-bond donors (Lipinski definition) is 3. The van der Waals surface area contributed by atoms with E-state index in [1.54, 1.807) is 0 Å². The molecule has 3 aromatic rings. The van der Waals surface area contributed by atoms with Gasteiger partial charge in [-0.15, -0.1) is 0 Å². The molecule has 0 aliphatic heterocycles. The Balaban J connectivity index is 1.87. The number of carbonyl (C=O) groups is 1. The predicted octanol–water partition coefficient (Wildman–Crippen LogP) is 5.49. The number of nitrogens with zero attached hydrogens (tertiary/aromatic N) is 2. The molecule has 2 aromatic carbocycles. The van der Waals surface area contributed by atoms with Crippen LogP contribution in [-0.4, -0.2) is 22.0 Å². The average Bonchev–Trinajstić information content (AvgIpc) is 3.07. The van der Waals surface area contributed by atoms with Crippen molar-refractivity contribution in [3.8, 4) is 0 Å². The lowest BCUT2D eigenvalue weighted by molar-refractivity contribution is -0.141. The summed E-state index contributed by atoms with van der Waals surface area (Å²) >= 11 is 5.81. The summed E-state index contributed by atoms with van der Waals surface area (Å²) in [7, 11) is 1.21. The molecule has 182 valence electrons. The van der Waals surface area contributed by atoms with E-state index in [2.05, 4.69) is 21.0 Å². The maximum Gasteiger partial charge on any atom is 0.435 e. The number of alkyl halides is 6. The molecule has 0 fully saturated rings. The van der Waals surface area contributed by atoms with Gasteiger partial charge in [-0.2, -0.15) is 31.4 Å². The maximum absolute atomic E-state index is 13.7. The van der Waals surface area contributed by atoms with Gasteiger partial charge in [0.15, 0.2) is 12.0 Å². The zero-order valence-corrected chi connectivity index (χ0v) is 17.8. The summed E-state index contributed by atoms with van der Waals surface area (Å²) in [4.78, 5) is 12.6. The van der Waals surface area contributed by atoms with Crippen molar-refractivity contribution >= 4 is 29.0 Å². The van der Waals surface area contributed by atoms with Gasteiger partial charge in [0.2, 0.25) is 0 Å². The van der Waals surface area contributed by atoms with Gasteiger partial charge in [-0.1, -0.05) is 11.6 Å². The summed E-state index contributed by atoms with van der Waals surface area (Å²) < 4.78 is 91.8. The number of aryl methyl sites for hydroxylation is 1. The van der Waals surface area contributed by atoms with E-state index in [1.165, 1.54) is 13.1 Å². The van der Waals surface area contributed by atoms with E-state index in [0.29, 0.717) is 18.2 Å². The van der Waals surface area contributed by atoms with Crippen LogP contribution in [0.3, 0.4) is 0 Å². The number of carbonyl (C=O) groups excluding carboxylic acids is 1. The number of rotatable bonds is 6. The third kappa shape index (κ3) is 6.31. The molecule has 0 aliphatic rings. The van der Waals surface area contributed by atoms with E-state index < -0.39 is 41.6 Å². The molecule has 6 nitrogen and oxygen atoms in total. The standard InChI is InChI=1S/C20H15ClF7N5O/c1-33-16(9-15(32-33)20(26,27)28)30-18(29-14-7-12(21)6-13(22)8-14)31-17(34)10-2-4-11(5-3-10)19(23,24)25/h2-9,18,29-30H,1H3,(H,31,34). The van der Waals surface area contributed by atoms with Crippen molar-refractivity contribution < 1.29 is 35.5 Å². The first-order chi connectivity index (χ1) is 15.7. The minimum absolute atomic E-state index is 0.00444. The molecule has 3 N–H and O–H groups in total. The molecule has 1 atom stereocenters. The van der Waals surface area contributed by atoms with Crippen LogP contribution >= 0.6 is 11.6 Å². The zero-order valence-electron chi connectivity index (χ0n) is 17.0. The van der Waals surface area contributed by atoms with Gasteiger partial charge in [-0.25, -0.2) is 4.39 Å². The Morgan fingerprint density at radius 1 is 0.971 bits per heavy atom. The van der Waals surface area contributed by atoms with Crippen molar-refractivity contribution in [3.05, 3.63) is 76.2 Å². The summed E-state index contributed by atoms with van der Waals surface area (Å²) in [6.45, 7) is 0. The third-order valence-electron chi connectivity index (χ3n) is 4.39. The van der Waals surface area contributed by atoms with Crippen LogP contribution in [0.15, 0.2) is 48.5 Å². The van der Waals surface area contributed by atoms with Gasteiger partial charge in [0.25, 0.3) is 5.91 Å². The Bertz CT molecular complexity index is 1160. The number of hydrogen-bond acceptors (Lipinski definition) is 4. The molecular weight excluding hydrogens is 495 g/mol. The first kappa shape index (κ1) is 25.1. The molecule has 0 bridgehead atoms. The van der Waals surface area contributed by atoms with Gasteiger partial charge in [0, 0.05) is 29.4 Å². The summed E-state index contributed by atoms with van der Waals surface area (Å²) in [5, 5.41) is 10.9. The van der Waals surface area contributed by atoms with Crippen molar-refractivity contribution in [1.29, 1.82) is 0 Å². The largest absolute Gasteiger partial charge is 0.435 e. The Morgan fingerprint density at radius 2 is 1.62 bits per heavy atom. The molecule has 34 heavy (non-hydrogen) atoms. The number of amides is 1. The Kier molecular flexibility index (Phi) is 6.96. The van der Waals surface area contributed by atoms with Gasteiger partial charge in [0.05, 0.1) is 5.56 Å². The van der Waals surface area contributed by atoms with Crippen molar-refractivity contribution in [2.45, 2.75) is 18.6 Å². The third-order valence-corrected chi connectivity index (χ3v) is 4.60. The smallest absolute Gasteiger partial charge is 0.348 e. The number of anilines is 2. The van der Waals surface area contributed by atoms with E-state index >= 15 is 0 Å². The molecule has 0 aliphatic carbocycles. The zero-order chi connectivity index (χ0) is 25.3. The minimum atomic E-state index is -4.74. The predicted molar refractivity (Wildman–Crippen MR) is 110 cm³/mol. The molecule has 1 unspecified atom stereocenters. The second-order valence-electron chi connectivity index (χ2n) is 6.96. The fourth-order valence-electron chi connectivity index (χ4n) is 2.83. The maximum atomic E-state index is 13.7. The highest BCUT2D eigenvalue weighted by Gasteiger charge is 2.35. The number of aromatic nitrogens is 2. The highest BCUT2D eigenvalue weighted by molar-refractivity contribution is 6.30. The van der Waals surface area contributed by atoms with Crippen molar-refractivity contribution in [2.24, 2.45) is 7.05 Å². The Morgan fingerprint density at radius 3 is 2.15 bits per heavy atom. The van der Waals surface area contributed by atoms with Crippen molar-refractivity contribution in [3.63, 3.8) is 0 Å². The monoisotopic (exact) mass is 509 g/mol. The van der Waals surface area contributed by atoms with Crippen LogP contribution < -0.4 is 16.0 Å². The van der Waals surface area contributed by atoms with Crippen LogP contribution in [0.1, 0.15) is 21.6 Å². The second kappa shape index (κ2) is 9.41. The highest BCUT2D eigenvalue weighted by Crippen LogP contribution is 2.30.